The highest BCUT2D eigenvalue weighted by Crippen LogP contribution is 2.32. The number of hydrogen-bond acceptors (Lipinski definition) is 4. The lowest BCUT2D eigenvalue weighted by atomic mass is 9.85. The van der Waals surface area contributed by atoms with E-state index in [4.69, 9.17) is 9.47 Å². The van der Waals surface area contributed by atoms with Gasteiger partial charge in [-0.1, -0.05) is 36.4 Å². The molecule has 6 nitrogen and oxygen atoms in total. The summed E-state index contributed by atoms with van der Waals surface area (Å²) in [5.41, 5.74) is 1.25. The molecule has 0 aliphatic carbocycles. The van der Waals surface area contributed by atoms with Crippen LogP contribution in [0.3, 0.4) is 0 Å². The molecule has 1 N–H and O–H groups in total. The van der Waals surface area contributed by atoms with E-state index < -0.39 is 29.4 Å². The first kappa shape index (κ1) is 23.6. The third kappa shape index (κ3) is 5.58. The molecule has 2 aromatic carbocycles. The van der Waals surface area contributed by atoms with Crippen molar-refractivity contribution in [3.63, 3.8) is 0 Å². The molecule has 1 fully saturated rings. The van der Waals surface area contributed by atoms with E-state index in [-0.39, 0.29) is 11.7 Å². The smallest absolute Gasteiger partial charge is 0.410 e. The normalized spacial score (nSPS) is 17.2. The van der Waals surface area contributed by atoms with Crippen LogP contribution in [-0.4, -0.2) is 47.9 Å². The highest BCUT2D eigenvalue weighted by Gasteiger charge is 2.37. The maximum absolute atomic E-state index is 14.7. The van der Waals surface area contributed by atoms with Gasteiger partial charge in [0.1, 0.15) is 5.60 Å². The van der Waals surface area contributed by atoms with Crippen molar-refractivity contribution in [2.45, 2.75) is 39.2 Å². The van der Waals surface area contributed by atoms with Crippen molar-refractivity contribution in [2.24, 2.45) is 11.8 Å². The van der Waals surface area contributed by atoms with Crippen LogP contribution in [0.15, 0.2) is 42.5 Å². The molecule has 7 heteroatoms. The number of ether oxygens (including phenoxy) is 2. The summed E-state index contributed by atoms with van der Waals surface area (Å²) in [5, 5.41) is 9.89. The number of methoxy groups -OCH3 is 1. The standard InChI is InChI=1S/C25H30FNO5/c1-25(2,3)32-24(30)27-12-11-18(15-27)20(23(28)29)14-16-7-5-8-17(13-16)19-9-6-10-21(31-4)22(19)26/h5-10,13,18,20H,11-12,14-15H2,1-4H3,(H,28,29)/t18-,20-/m0/s1. The van der Waals surface area contributed by atoms with E-state index in [1.807, 2.05) is 12.1 Å². The van der Waals surface area contributed by atoms with E-state index in [0.29, 0.717) is 37.1 Å². The monoisotopic (exact) mass is 443 g/mol. The van der Waals surface area contributed by atoms with Gasteiger partial charge < -0.3 is 19.5 Å². The third-order valence-electron chi connectivity index (χ3n) is 5.64. The first-order valence-electron chi connectivity index (χ1n) is 10.7. The molecule has 0 unspecified atom stereocenters. The molecular weight excluding hydrogens is 413 g/mol. The van der Waals surface area contributed by atoms with Crippen molar-refractivity contribution < 1.29 is 28.6 Å². The second kappa shape index (κ2) is 9.59. The number of carboxylic acids is 1. The van der Waals surface area contributed by atoms with Crippen LogP contribution in [0.2, 0.25) is 0 Å². The number of benzene rings is 2. The maximum Gasteiger partial charge on any atom is 0.410 e. The Morgan fingerprint density at radius 1 is 1.22 bits per heavy atom. The van der Waals surface area contributed by atoms with Gasteiger partial charge in [-0.3, -0.25) is 4.79 Å². The summed E-state index contributed by atoms with van der Waals surface area (Å²) in [6.45, 7) is 6.22. The van der Waals surface area contributed by atoms with Crippen LogP contribution < -0.4 is 4.74 Å². The van der Waals surface area contributed by atoms with Gasteiger partial charge in [0.15, 0.2) is 11.6 Å². The number of aliphatic carboxylic acids is 1. The fourth-order valence-electron chi connectivity index (χ4n) is 4.07. The lowest BCUT2D eigenvalue weighted by molar-refractivity contribution is -0.143. The molecule has 1 amide bonds. The highest BCUT2D eigenvalue weighted by molar-refractivity contribution is 5.73. The second-order valence-electron chi connectivity index (χ2n) is 9.15. The summed E-state index contributed by atoms with van der Waals surface area (Å²) < 4.78 is 25.2. The zero-order valence-electron chi connectivity index (χ0n) is 18.9. The number of hydrogen-bond donors (Lipinski definition) is 1. The molecule has 1 aliphatic heterocycles. The summed E-state index contributed by atoms with van der Waals surface area (Å²) in [6, 6.07) is 12.2. The quantitative estimate of drug-likeness (QED) is 0.680. The van der Waals surface area contributed by atoms with Crippen LogP contribution in [0.5, 0.6) is 5.75 Å². The van der Waals surface area contributed by atoms with Gasteiger partial charge in [0.2, 0.25) is 0 Å². The number of likely N-dealkylation sites (tertiary alicyclic amines) is 1. The van der Waals surface area contributed by atoms with E-state index >= 15 is 0 Å². The van der Waals surface area contributed by atoms with Crippen LogP contribution >= 0.6 is 0 Å². The molecule has 1 saturated heterocycles. The number of carbonyl (C=O) groups is 2. The van der Waals surface area contributed by atoms with Crippen LogP contribution in [-0.2, 0) is 16.0 Å². The molecule has 0 saturated carbocycles. The Hall–Kier alpha value is -3.09. The minimum absolute atomic E-state index is 0.157. The van der Waals surface area contributed by atoms with Gasteiger partial charge in [-0.25, -0.2) is 9.18 Å². The van der Waals surface area contributed by atoms with E-state index in [1.165, 1.54) is 7.11 Å². The first-order chi connectivity index (χ1) is 15.1. The van der Waals surface area contributed by atoms with Gasteiger partial charge in [-0.2, -0.15) is 0 Å². The Labute approximate surface area is 187 Å². The van der Waals surface area contributed by atoms with Crippen molar-refractivity contribution >= 4 is 12.1 Å². The van der Waals surface area contributed by atoms with Crippen LogP contribution in [0.25, 0.3) is 11.1 Å². The summed E-state index contributed by atoms with van der Waals surface area (Å²) >= 11 is 0. The van der Waals surface area contributed by atoms with Gasteiger partial charge in [-0.05, 0) is 56.7 Å². The molecule has 2 atom stereocenters. The average molecular weight is 444 g/mol. The Bertz CT molecular complexity index is 985. The van der Waals surface area contributed by atoms with Gasteiger partial charge in [0, 0.05) is 18.7 Å². The number of rotatable bonds is 6. The zero-order chi connectivity index (χ0) is 23.5. The molecule has 0 bridgehead atoms. The van der Waals surface area contributed by atoms with Gasteiger partial charge in [0.25, 0.3) is 0 Å². The van der Waals surface area contributed by atoms with Crippen molar-refractivity contribution in [2.75, 3.05) is 20.2 Å². The fraction of sp³-hybridized carbons (Fsp3) is 0.440. The van der Waals surface area contributed by atoms with E-state index in [0.717, 1.165) is 5.56 Å². The molecule has 32 heavy (non-hydrogen) atoms. The van der Waals surface area contributed by atoms with E-state index in [2.05, 4.69) is 0 Å². The molecule has 0 aromatic heterocycles. The molecule has 172 valence electrons. The number of carboxylic acid groups (broad SMARTS) is 1. The molecular formula is C25H30FNO5. The zero-order valence-corrected chi connectivity index (χ0v) is 18.9. The summed E-state index contributed by atoms with van der Waals surface area (Å²) in [6.07, 6.45) is 0.474. The largest absolute Gasteiger partial charge is 0.494 e. The van der Waals surface area contributed by atoms with Gasteiger partial charge in [0.05, 0.1) is 13.0 Å². The van der Waals surface area contributed by atoms with E-state index in [1.54, 1.807) is 56.0 Å². The first-order valence-corrected chi connectivity index (χ1v) is 10.7. The van der Waals surface area contributed by atoms with Gasteiger partial charge >= 0.3 is 12.1 Å². The predicted molar refractivity (Wildman–Crippen MR) is 119 cm³/mol. The van der Waals surface area contributed by atoms with E-state index in [9.17, 15) is 19.1 Å². The summed E-state index contributed by atoms with van der Waals surface area (Å²) in [7, 11) is 1.41. The molecule has 1 heterocycles. The molecule has 2 aromatic rings. The van der Waals surface area contributed by atoms with Crippen molar-refractivity contribution in [3.8, 4) is 16.9 Å². The van der Waals surface area contributed by atoms with Crippen LogP contribution in [0.1, 0.15) is 32.8 Å². The highest BCUT2D eigenvalue weighted by atomic mass is 19.1. The Balaban J connectivity index is 1.76. The molecule has 3 rings (SSSR count). The Kier molecular flexibility index (Phi) is 7.06. The summed E-state index contributed by atoms with van der Waals surface area (Å²) in [5.74, 6) is -2.04. The lowest BCUT2D eigenvalue weighted by Gasteiger charge is -2.25. The second-order valence-corrected chi connectivity index (χ2v) is 9.15. The Morgan fingerprint density at radius 3 is 2.59 bits per heavy atom. The minimum atomic E-state index is -0.904. The molecule has 1 aliphatic rings. The fourth-order valence-corrected chi connectivity index (χ4v) is 4.07. The number of amides is 1. The third-order valence-corrected chi connectivity index (χ3v) is 5.64. The van der Waals surface area contributed by atoms with Crippen molar-refractivity contribution in [1.29, 1.82) is 0 Å². The lowest BCUT2D eigenvalue weighted by Crippen LogP contribution is -2.36. The SMILES string of the molecule is COc1cccc(-c2cccc(C[C@H](C(=O)O)[C@H]3CCN(C(=O)OC(C)(C)C)C3)c2)c1F. The minimum Gasteiger partial charge on any atom is -0.494 e. The van der Waals surface area contributed by atoms with Crippen LogP contribution in [0.4, 0.5) is 9.18 Å². The number of nitrogens with zero attached hydrogens (tertiary/aromatic N) is 1. The van der Waals surface area contributed by atoms with Crippen molar-refractivity contribution in [3.05, 3.63) is 53.8 Å². The Morgan fingerprint density at radius 2 is 1.94 bits per heavy atom. The predicted octanol–water partition coefficient (Wildman–Crippen LogP) is 5.00. The summed E-state index contributed by atoms with van der Waals surface area (Å²) in [4.78, 5) is 26.0. The molecule has 0 radical (unpaired) electrons. The number of carbonyl (C=O) groups excluding carboxylic acids is 1. The van der Waals surface area contributed by atoms with Crippen molar-refractivity contribution in [1.82, 2.24) is 4.90 Å². The van der Waals surface area contributed by atoms with Crippen LogP contribution in [0, 0.1) is 17.7 Å². The average Bonchev–Trinajstić information content (AvgIpc) is 3.21. The number of halogens is 1. The molecule has 0 spiro atoms. The van der Waals surface area contributed by atoms with Gasteiger partial charge in [-0.15, -0.1) is 0 Å². The maximum atomic E-state index is 14.7. The topological polar surface area (TPSA) is 76.1 Å².